The SMILES string of the molecule is C1CC1.COC(C)(C)C(F)(F)F.Cc1nonc1C(=O)NCc1nc2ccc(CN3CC(F)(F)CNC3=O)cc2[nH]1. The van der Waals surface area contributed by atoms with E-state index >= 15 is 0 Å². The summed E-state index contributed by atoms with van der Waals surface area (Å²) in [5, 5.41) is 11.9. The summed E-state index contributed by atoms with van der Waals surface area (Å²) < 4.78 is 70.9. The number of rotatable bonds is 6. The van der Waals surface area contributed by atoms with Crippen molar-refractivity contribution in [1.82, 2.24) is 35.8 Å². The number of nitrogens with zero attached hydrogens (tertiary/aromatic N) is 4. The van der Waals surface area contributed by atoms with Gasteiger partial charge in [0, 0.05) is 13.7 Å². The maximum Gasteiger partial charge on any atom is 0.416 e. The average Bonchev–Trinajstić information content (AvgIpc) is 3.63. The maximum absolute atomic E-state index is 13.5. The number of ether oxygens (including phenoxy) is 1. The fourth-order valence-electron chi connectivity index (χ4n) is 3.16. The van der Waals surface area contributed by atoms with Crippen LogP contribution in [0.15, 0.2) is 22.8 Å². The first-order valence-corrected chi connectivity index (χ1v) is 12.7. The molecule has 2 aliphatic rings. The molecule has 3 N–H and O–H groups in total. The van der Waals surface area contributed by atoms with Gasteiger partial charge in [0.05, 0.1) is 30.7 Å². The van der Waals surface area contributed by atoms with Crippen molar-refractivity contribution >= 4 is 23.0 Å². The number of hydrogen-bond acceptors (Lipinski definition) is 7. The third kappa shape index (κ3) is 9.09. The Morgan fingerprint density at radius 2 is 1.88 bits per heavy atom. The van der Waals surface area contributed by atoms with Crippen LogP contribution in [0.4, 0.5) is 26.7 Å². The highest BCUT2D eigenvalue weighted by molar-refractivity contribution is 5.92. The summed E-state index contributed by atoms with van der Waals surface area (Å²) in [6, 6.07) is 4.65. The van der Waals surface area contributed by atoms with Gasteiger partial charge in [0.2, 0.25) is 0 Å². The van der Waals surface area contributed by atoms with Gasteiger partial charge in [-0.25, -0.2) is 23.2 Å². The number of amides is 3. The number of carbonyl (C=O) groups excluding carboxylic acids is 2. The Balaban J connectivity index is 0.000000322. The largest absolute Gasteiger partial charge is 0.416 e. The molecular formula is C25H32F5N7O4. The van der Waals surface area contributed by atoms with E-state index in [1.807, 2.05) is 0 Å². The molecule has 3 aromatic rings. The number of benzene rings is 1. The number of imidazole rings is 1. The number of alkyl halides is 5. The van der Waals surface area contributed by atoms with Gasteiger partial charge in [-0.1, -0.05) is 30.5 Å². The van der Waals surface area contributed by atoms with Gasteiger partial charge < -0.3 is 25.3 Å². The van der Waals surface area contributed by atoms with Crippen molar-refractivity contribution in [1.29, 1.82) is 0 Å². The molecule has 3 heterocycles. The van der Waals surface area contributed by atoms with Crippen LogP contribution in [-0.2, 0) is 17.8 Å². The zero-order valence-electron chi connectivity index (χ0n) is 23.0. The van der Waals surface area contributed by atoms with Gasteiger partial charge in [-0.3, -0.25) is 4.79 Å². The number of methoxy groups -OCH3 is 1. The summed E-state index contributed by atoms with van der Waals surface area (Å²) in [5.74, 6) is -2.90. The van der Waals surface area contributed by atoms with Crippen LogP contribution < -0.4 is 10.6 Å². The Bertz CT molecular complexity index is 1330. The molecule has 0 radical (unpaired) electrons. The third-order valence-corrected chi connectivity index (χ3v) is 6.01. The lowest BCUT2D eigenvalue weighted by Crippen LogP contribution is -2.56. The van der Waals surface area contributed by atoms with Crippen LogP contribution in [-0.4, -0.2) is 75.0 Å². The quantitative estimate of drug-likeness (QED) is 0.360. The molecule has 3 amide bonds. The first kappa shape index (κ1) is 31.7. The Morgan fingerprint density at radius 3 is 2.41 bits per heavy atom. The molecular weight excluding hydrogens is 557 g/mol. The first-order chi connectivity index (χ1) is 19.1. The minimum Gasteiger partial charge on any atom is -0.369 e. The molecule has 41 heavy (non-hydrogen) atoms. The highest BCUT2D eigenvalue weighted by Gasteiger charge is 2.47. The summed E-state index contributed by atoms with van der Waals surface area (Å²) in [7, 11) is 1.04. The van der Waals surface area contributed by atoms with Crippen LogP contribution in [0.5, 0.6) is 0 Å². The Morgan fingerprint density at radius 1 is 1.20 bits per heavy atom. The lowest BCUT2D eigenvalue weighted by Gasteiger charge is -2.32. The van der Waals surface area contributed by atoms with Gasteiger partial charge in [0.15, 0.2) is 11.3 Å². The van der Waals surface area contributed by atoms with Gasteiger partial charge in [-0.2, -0.15) is 13.2 Å². The van der Waals surface area contributed by atoms with E-state index < -0.39 is 42.7 Å². The Kier molecular flexibility index (Phi) is 9.89. The second-order valence-corrected chi connectivity index (χ2v) is 10.1. The summed E-state index contributed by atoms with van der Waals surface area (Å²) in [6.45, 7) is 2.44. The van der Waals surface area contributed by atoms with Gasteiger partial charge in [-0.05, 0) is 43.6 Å². The normalized spacial score (nSPS) is 16.2. The molecule has 0 unspecified atom stereocenters. The van der Waals surface area contributed by atoms with E-state index in [1.54, 1.807) is 25.1 Å². The monoisotopic (exact) mass is 589 g/mol. The van der Waals surface area contributed by atoms with E-state index in [1.165, 1.54) is 19.3 Å². The zero-order valence-corrected chi connectivity index (χ0v) is 23.0. The number of aromatic amines is 1. The summed E-state index contributed by atoms with van der Waals surface area (Å²) in [5.41, 5.74) is 0.436. The first-order valence-electron chi connectivity index (χ1n) is 12.7. The molecule has 1 saturated carbocycles. The van der Waals surface area contributed by atoms with E-state index in [2.05, 4.69) is 40.3 Å². The zero-order chi connectivity index (χ0) is 30.4. The molecule has 1 aromatic carbocycles. The molecule has 1 saturated heterocycles. The molecule has 2 fully saturated rings. The number of aromatic nitrogens is 4. The molecule has 0 atom stereocenters. The molecule has 11 nitrogen and oxygen atoms in total. The number of urea groups is 1. The number of carbonyl (C=O) groups is 2. The second kappa shape index (κ2) is 12.8. The van der Waals surface area contributed by atoms with Crippen molar-refractivity contribution in [2.24, 2.45) is 0 Å². The molecule has 226 valence electrons. The number of hydrogen-bond donors (Lipinski definition) is 3. The minimum absolute atomic E-state index is 0.0425. The fraction of sp³-hybridized carbons (Fsp3) is 0.560. The van der Waals surface area contributed by atoms with Crippen LogP contribution >= 0.6 is 0 Å². The van der Waals surface area contributed by atoms with E-state index in [0.29, 0.717) is 28.1 Å². The van der Waals surface area contributed by atoms with Crippen LogP contribution in [0.1, 0.15) is 60.7 Å². The van der Waals surface area contributed by atoms with Crippen molar-refractivity contribution in [2.75, 3.05) is 20.2 Å². The molecule has 1 aliphatic carbocycles. The second-order valence-electron chi connectivity index (χ2n) is 10.1. The van der Waals surface area contributed by atoms with Crippen LogP contribution in [0.25, 0.3) is 11.0 Å². The summed E-state index contributed by atoms with van der Waals surface area (Å²) in [4.78, 5) is 32.4. The maximum atomic E-state index is 13.5. The fourth-order valence-corrected chi connectivity index (χ4v) is 3.16. The highest BCUT2D eigenvalue weighted by Crippen LogP contribution is 2.31. The van der Waals surface area contributed by atoms with Crippen LogP contribution in [0.2, 0.25) is 0 Å². The van der Waals surface area contributed by atoms with Gasteiger partial charge >= 0.3 is 12.2 Å². The lowest BCUT2D eigenvalue weighted by molar-refractivity contribution is -0.255. The molecule has 1 aliphatic heterocycles. The predicted molar refractivity (Wildman–Crippen MR) is 136 cm³/mol. The van der Waals surface area contributed by atoms with E-state index in [4.69, 9.17) is 0 Å². The van der Waals surface area contributed by atoms with E-state index in [0.717, 1.165) is 25.9 Å². The average molecular weight is 590 g/mol. The van der Waals surface area contributed by atoms with Crippen molar-refractivity contribution in [3.05, 3.63) is 41.0 Å². The summed E-state index contributed by atoms with van der Waals surface area (Å²) >= 11 is 0. The number of nitrogens with one attached hydrogen (secondary N) is 3. The van der Waals surface area contributed by atoms with E-state index in [9.17, 15) is 31.5 Å². The summed E-state index contributed by atoms with van der Waals surface area (Å²) in [6.07, 6.45) is 0.224. The highest BCUT2D eigenvalue weighted by atomic mass is 19.4. The number of fused-ring (bicyclic) bond motifs is 1. The standard InChI is InChI=1S/C17H17F2N7O3.C5H9F3O.C3H6/c1-9-14(25-29-24-9)15(27)20-5-13-22-11-3-2-10(4-12(11)23-13)6-26-8-17(18,19)7-21-16(26)28;1-4(2,9-3)5(6,7)8;1-2-3-1/h2-4H,5-8H2,1H3,(H,20,27)(H,21,28)(H,22,23);1-3H3;1-3H2. The van der Waals surface area contributed by atoms with E-state index in [-0.39, 0.29) is 18.8 Å². The molecule has 5 rings (SSSR count). The third-order valence-electron chi connectivity index (χ3n) is 6.01. The topological polar surface area (TPSA) is 138 Å². The minimum atomic E-state index is -4.28. The number of H-pyrrole nitrogens is 1. The van der Waals surface area contributed by atoms with Gasteiger partial charge in [0.25, 0.3) is 11.8 Å². The van der Waals surface area contributed by atoms with Gasteiger partial charge in [0.1, 0.15) is 11.5 Å². The predicted octanol–water partition coefficient (Wildman–Crippen LogP) is 4.49. The molecule has 2 aromatic heterocycles. The molecule has 0 spiro atoms. The van der Waals surface area contributed by atoms with Crippen molar-refractivity contribution < 1.29 is 40.9 Å². The van der Waals surface area contributed by atoms with Crippen LogP contribution in [0.3, 0.4) is 0 Å². The molecule has 16 heteroatoms. The van der Waals surface area contributed by atoms with Crippen molar-refractivity contribution in [3.8, 4) is 0 Å². The van der Waals surface area contributed by atoms with Crippen LogP contribution in [0, 0.1) is 6.92 Å². The molecule has 0 bridgehead atoms. The number of halogens is 5. The van der Waals surface area contributed by atoms with Crippen molar-refractivity contribution in [3.63, 3.8) is 0 Å². The Hall–Kier alpha value is -3.82. The Labute approximate surface area is 232 Å². The van der Waals surface area contributed by atoms with Gasteiger partial charge in [-0.15, -0.1) is 0 Å². The number of aryl methyl sites for hydroxylation is 1. The van der Waals surface area contributed by atoms with Crippen molar-refractivity contribution in [2.45, 2.75) is 70.8 Å². The lowest BCUT2D eigenvalue weighted by atomic mass is 10.1. The smallest absolute Gasteiger partial charge is 0.369 e.